The standard InChI is InChI=1S/C25H34N4O3/c1-4-5-6-13-23(30)27-21-11-8-12-22(17-21)28-24(31)18-26-20-10-7-9-19(16-20)14-15-25(32)29(2)3/h7-12,16-17,26H,4-6,13-15,18H2,1-3H3,(H,27,30)(H,28,31). The summed E-state index contributed by atoms with van der Waals surface area (Å²) in [6.45, 7) is 2.21. The van der Waals surface area contributed by atoms with Crippen molar-refractivity contribution < 1.29 is 14.4 Å². The number of anilines is 3. The Balaban J connectivity index is 1.82. The highest BCUT2D eigenvalue weighted by Gasteiger charge is 2.07. The number of aryl methyl sites for hydroxylation is 1. The quantitative estimate of drug-likeness (QED) is 0.432. The van der Waals surface area contributed by atoms with Crippen LogP contribution in [0.2, 0.25) is 0 Å². The van der Waals surface area contributed by atoms with Gasteiger partial charge >= 0.3 is 0 Å². The average molecular weight is 439 g/mol. The summed E-state index contributed by atoms with van der Waals surface area (Å²) in [6.07, 6.45) is 4.57. The molecule has 172 valence electrons. The van der Waals surface area contributed by atoms with Crippen molar-refractivity contribution in [1.29, 1.82) is 0 Å². The molecule has 0 radical (unpaired) electrons. The van der Waals surface area contributed by atoms with Crippen molar-refractivity contribution in [3.8, 4) is 0 Å². The molecule has 2 rings (SSSR count). The Bertz CT molecular complexity index is 912. The molecule has 3 N–H and O–H groups in total. The van der Waals surface area contributed by atoms with Gasteiger partial charge in [0, 0.05) is 44.0 Å². The molecule has 0 fully saturated rings. The monoisotopic (exact) mass is 438 g/mol. The number of benzene rings is 2. The SMILES string of the molecule is CCCCCC(=O)Nc1cccc(NC(=O)CNc2cccc(CCC(=O)N(C)C)c2)c1. The zero-order valence-electron chi connectivity index (χ0n) is 19.2. The van der Waals surface area contributed by atoms with Gasteiger partial charge in [-0.15, -0.1) is 0 Å². The maximum Gasteiger partial charge on any atom is 0.243 e. The van der Waals surface area contributed by atoms with E-state index in [-0.39, 0.29) is 24.3 Å². The van der Waals surface area contributed by atoms with Crippen molar-refractivity contribution >= 4 is 34.8 Å². The fourth-order valence-corrected chi connectivity index (χ4v) is 3.13. The zero-order chi connectivity index (χ0) is 23.3. The van der Waals surface area contributed by atoms with Crippen LogP contribution in [0.5, 0.6) is 0 Å². The lowest BCUT2D eigenvalue weighted by Gasteiger charge is -2.12. The molecule has 2 aromatic rings. The number of rotatable bonds is 12. The van der Waals surface area contributed by atoms with Gasteiger partial charge in [-0.1, -0.05) is 38.0 Å². The summed E-state index contributed by atoms with van der Waals surface area (Å²) >= 11 is 0. The molecule has 0 heterocycles. The maximum atomic E-state index is 12.4. The molecule has 0 atom stereocenters. The van der Waals surface area contributed by atoms with Gasteiger partial charge in [-0.2, -0.15) is 0 Å². The minimum atomic E-state index is -0.190. The van der Waals surface area contributed by atoms with E-state index in [2.05, 4.69) is 22.9 Å². The Kier molecular flexibility index (Phi) is 10.2. The van der Waals surface area contributed by atoms with Gasteiger partial charge in [-0.3, -0.25) is 14.4 Å². The zero-order valence-corrected chi connectivity index (χ0v) is 19.2. The summed E-state index contributed by atoms with van der Waals surface area (Å²) in [5.41, 5.74) is 3.15. The highest BCUT2D eigenvalue weighted by molar-refractivity contribution is 5.95. The molecule has 3 amide bonds. The van der Waals surface area contributed by atoms with E-state index in [0.717, 1.165) is 30.5 Å². The Morgan fingerprint density at radius 2 is 1.47 bits per heavy atom. The van der Waals surface area contributed by atoms with Crippen LogP contribution in [0.4, 0.5) is 17.1 Å². The molecule has 0 aliphatic rings. The van der Waals surface area contributed by atoms with Gasteiger partial charge in [0.25, 0.3) is 0 Å². The molecule has 7 nitrogen and oxygen atoms in total. The molecule has 2 aromatic carbocycles. The first-order valence-electron chi connectivity index (χ1n) is 11.1. The third-order valence-electron chi connectivity index (χ3n) is 4.94. The number of carbonyl (C=O) groups is 3. The first-order valence-corrected chi connectivity index (χ1v) is 11.1. The minimum absolute atomic E-state index is 0.0178. The molecule has 0 spiro atoms. The van der Waals surface area contributed by atoms with Gasteiger partial charge in [-0.05, 0) is 48.7 Å². The summed E-state index contributed by atoms with van der Waals surface area (Å²) < 4.78 is 0. The first-order chi connectivity index (χ1) is 15.4. The van der Waals surface area contributed by atoms with Crippen molar-refractivity contribution in [3.63, 3.8) is 0 Å². The van der Waals surface area contributed by atoms with Crippen molar-refractivity contribution in [2.24, 2.45) is 0 Å². The van der Waals surface area contributed by atoms with E-state index in [4.69, 9.17) is 0 Å². The highest BCUT2D eigenvalue weighted by Crippen LogP contribution is 2.16. The van der Waals surface area contributed by atoms with Crippen molar-refractivity contribution in [2.75, 3.05) is 36.6 Å². The Hall–Kier alpha value is -3.35. The molecular weight excluding hydrogens is 404 g/mol. The fraction of sp³-hybridized carbons (Fsp3) is 0.400. The van der Waals surface area contributed by atoms with Crippen LogP contribution in [-0.2, 0) is 20.8 Å². The summed E-state index contributed by atoms with van der Waals surface area (Å²) in [5.74, 6) is -0.123. The van der Waals surface area contributed by atoms with Crippen LogP contribution < -0.4 is 16.0 Å². The van der Waals surface area contributed by atoms with Gasteiger partial charge in [0.2, 0.25) is 17.7 Å². The van der Waals surface area contributed by atoms with E-state index in [1.807, 2.05) is 24.3 Å². The molecular formula is C25H34N4O3. The smallest absolute Gasteiger partial charge is 0.243 e. The van der Waals surface area contributed by atoms with Gasteiger partial charge in [-0.25, -0.2) is 0 Å². The molecule has 0 aliphatic carbocycles. The second-order valence-electron chi connectivity index (χ2n) is 7.98. The van der Waals surface area contributed by atoms with E-state index in [9.17, 15) is 14.4 Å². The molecule has 0 bridgehead atoms. The molecule has 0 unspecified atom stereocenters. The largest absolute Gasteiger partial charge is 0.376 e. The van der Waals surface area contributed by atoms with Gasteiger partial charge < -0.3 is 20.9 Å². The van der Waals surface area contributed by atoms with Gasteiger partial charge in [0.05, 0.1) is 6.54 Å². The number of hydrogen-bond donors (Lipinski definition) is 3. The molecule has 7 heteroatoms. The van der Waals surface area contributed by atoms with Crippen LogP contribution in [0, 0.1) is 0 Å². The lowest BCUT2D eigenvalue weighted by Crippen LogP contribution is -2.22. The van der Waals surface area contributed by atoms with Crippen molar-refractivity contribution in [3.05, 3.63) is 54.1 Å². The summed E-state index contributed by atoms with van der Waals surface area (Å²) in [4.78, 5) is 37.7. The van der Waals surface area contributed by atoms with Gasteiger partial charge in [0.1, 0.15) is 0 Å². The van der Waals surface area contributed by atoms with Crippen LogP contribution in [0.3, 0.4) is 0 Å². The minimum Gasteiger partial charge on any atom is -0.376 e. The van der Waals surface area contributed by atoms with E-state index >= 15 is 0 Å². The third kappa shape index (κ3) is 9.20. The molecule has 0 aliphatic heterocycles. The van der Waals surface area contributed by atoms with Crippen molar-refractivity contribution in [1.82, 2.24) is 4.90 Å². The molecule has 0 saturated carbocycles. The predicted molar refractivity (Wildman–Crippen MR) is 130 cm³/mol. The van der Waals surface area contributed by atoms with Crippen LogP contribution >= 0.6 is 0 Å². The third-order valence-corrected chi connectivity index (χ3v) is 4.94. The van der Waals surface area contributed by atoms with E-state index < -0.39 is 0 Å². The predicted octanol–water partition coefficient (Wildman–Crippen LogP) is 4.28. The van der Waals surface area contributed by atoms with E-state index in [1.54, 1.807) is 43.3 Å². The van der Waals surface area contributed by atoms with E-state index in [0.29, 0.717) is 30.6 Å². The Morgan fingerprint density at radius 1 is 0.812 bits per heavy atom. The molecule has 0 saturated heterocycles. The maximum absolute atomic E-state index is 12.4. The van der Waals surface area contributed by atoms with Gasteiger partial charge in [0.15, 0.2) is 0 Å². The molecule has 0 aromatic heterocycles. The fourth-order valence-electron chi connectivity index (χ4n) is 3.13. The Morgan fingerprint density at radius 3 is 2.16 bits per heavy atom. The van der Waals surface area contributed by atoms with Crippen molar-refractivity contribution in [2.45, 2.75) is 45.4 Å². The van der Waals surface area contributed by atoms with Crippen LogP contribution in [0.15, 0.2) is 48.5 Å². The van der Waals surface area contributed by atoms with Crippen LogP contribution in [-0.4, -0.2) is 43.3 Å². The summed E-state index contributed by atoms with van der Waals surface area (Å²) in [5, 5.41) is 8.83. The van der Waals surface area contributed by atoms with Crippen LogP contribution in [0.1, 0.15) is 44.6 Å². The topological polar surface area (TPSA) is 90.5 Å². The van der Waals surface area contributed by atoms with E-state index in [1.165, 1.54) is 0 Å². The summed E-state index contributed by atoms with van der Waals surface area (Å²) in [6, 6.07) is 14.8. The number of amides is 3. The first kappa shape index (κ1) is 24.9. The number of unbranched alkanes of at least 4 members (excludes halogenated alkanes) is 2. The average Bonchev–Trinajstić information content (AvgIpc) is 2.76. The molecule has 32 heavy (non-hydrogen) atoms. The normalized spacial score (nSPS) is 10.3. The highest BCUT2D eigenvalue weighted by atomic mass is 16.2. The number of carbonyl (C=O) groups excluding carboxylic acids is 3. The number of hydrogen-bond acceptors (Lipinski definition) is 4. The lowest BCUT2D eigenvalue weighted by molar-refractivity contribution is -0.128. The second kappa shape index (κ2) is 13.1. The Labute approximate surface area is 190 Å². The number of nitrogens with one attached hydrogen (secondary N) is 3. The number of nitrogens with zero attached hydrogens (tertiary/aromatic N) is 1. The summed E-state index contributed by atoms with van der Waals surface area (Å²) in [7, 11) is 3.49. The lowest BCUT2D eigenvalue weighted by atomic mass is 10.1. The van der Waals surface area contributed by atoms with Crippen LogP contribution in [0.25, 0.3) is 0 Å². The second-order valence-corrected chi connectivity index (χ2v) is 7.98.